The summed E-state index contributed by atoms with van der Waals surface area (Å²) in [5, 5.41) is 5.50. The monoisotopic (exact) mass is 230 g/mol. The van der Waals surface area contributed by atoms with Gasteiger partial charge in [0.05, 0.1) is 11.2 Å². The third-order valence-electron chi connectivity index (χ3n) is 1.99. The summed E-state index contributed by atoms with van der Waals surface area (Å²) >= 11 is 3.60. The molecule has 80 valence electrons. The van der Waals surface area contributed by atoms with Crippen molar-refractivity contribution in [2.45, 2.75) is 25.8 Å². The zero-order valence-electron chi connectivity index (χ0n) is 8.66. The summed E-state index contributed by atoms with van der Waals surface area (Å²) in [6, 6.07) is 0. The minimum atomic E-state index is 0.923. The van der Waals surface area contributed by atoms with Crippen LogP contribution >= 0.6 is 23.1 Å². The van der Waals surface area contributed by atoms with Crippen molar-refractivity contribution in [1.29, 1.82) is 0 Å². The fraction of sp³-hybridized carbons (Fsp3) is 0.700. The molecular weight excluding hydrogens is 212 g/mol. The van der Waals surface area contributed by atoms with E-state index in [9.17, 15) is 0 Å². The van der Waals surface area contributed by atoms with E-state index in [2.05, 4.69) is 21.9 Å². The van der Waals surface area contributed by atoms with Crippen LogP contribution in [0.25, 0.3) is 0 Å². The molecule has 2 nitrogen and oxygen atoms in total. The van der Waals surface area contributed by atoms with E-state index < -0.39 is 0 Å². The Morgan fingerprint density at radius 1 is 1.43 bits per heavy atom. The van der Waals surface area contributed by atoms with Crippen LogP contribution in [0.15, 0.2) is 10.9 Å². The zero-order chi connectivity index (χ0) is 10.1. The Balaban J connectivity index is 1.85. The Bertz CT molecular complexity index is 212. The number of nitrogens with one attached hydrogen (secondary N) is 1. The topological polar surface area (TPSA) is 24.9 Å². The number of hydrogen-bond acceptors (Lipinski definition) is 4. The first-order chi connectivity index (χ1) is 6.93. The van der Waals surface area contributed by atoms with E-state index in [0.717, 1.165) is 13.1 Å². The molecule has 1 N–H and O–H groups in total. The average molecular weight is 230 g/mol. The Morgan fingerprint density at radius 2 is 2.36 bits per heavy atom. The second kappa shape index (κ2) is 8.26. The molecule has 0 atom stereocenters. The smallest absolute Gasteiger partial charge is 0.0795 e. The van der Waals surface area contributed by atoms with Gasteiger partial charge in [0.25, 0.3) is 0 Å². The SMILES string of the molecule is CSCCCCCNCc1cscn1. The molecule has 1 aromatic heterocycles. The van der Waals surface area contributed by atoms with Gasteiger partial charge in [-0.25, -0.2) is 4.98 Å². The van der Waals surface area contributed by atoms with E-state index >= 15 is 0 Å². The van der Waals surface area contributed by atoms with Crippen LogP contribution in [0.5, 0.6) is 0 Å². The minimum absolute atomic E-state index is 0.923. The van der Waals surface area contributed by atoms with E-state index in [-0.39, 0.29) is 0 Å². The molecule has 14 heavy (non-hydrogen) atoms. The molecule has 0 bridgehead atoms. The Morgan fingerprint density at radius 3 is 3.07 bits per heavy atom. The van der Waals surface area contributed by atoms with Gasteiger partial charge in [-0.05, 0) is 31.4 Å². The molecule has 0 radical (unpaired) electrons. The molecule has 0 aromatic carbocycles. The predicted octanol–water partition coefficient (Wildman–Crippen LogP) is 2.77. The maximum atomic E-state index is 4.22. The first-order valence-corrected chi connectivity index (χ1v) is 7.34. The Kier molecular flexibility index (Phi) is 7.09. The van der Waals surface area contributed by atoms with Crippen LogP contribution < -0.4 is 5.32 Å². The van der Waals surface area contributed by atoms with Gasteiger partial charge in [0, 0.05) is 11.9 Å². The highest BCUT2D eigenvalue weighted by Gasteiger charge is 1.93. The molecule has 0 aliphatic rings. The summed E-state index contributed by atoms with van der Waals surface area (Å²) < 4.78 is 0. The summed E-state index contributed by atoms with van der Waals surface area (Å²) in [5.74, 6) is 1.30. The van der Waals surface area contributed by atoms with Crippen LogP contribution in [0.4, 0.5) is 0 Å². The van der Waals surface area contributed by atoms with Crippen molar-refractivity contribution in [1.82, 2.24) is 10.3 Å². The third-order valence-corrected chi connectivity index (χ3v) is 3.32. The lowest BCUT2D eigenvalue weighted by Gasteiger charge is -2.02. The van der Waals surface area contributed by atoms with Gasteiger partial charge in [0.2, 0.25) is 0 Å². The molecule has 1 aromatic rings. The van der Waals surface area contributed by atoms with Crippen LogP contribution in [0.1, 0.15) is 25.0 Å². The van der Waals surface area contributed by atoms with Gasteiger partial charge in [-0.1, -0.05) is 6.42 Å². The van der Waals surface area contributed by atoms with Gasteiger partial charge in [0.1, 0.15) is 0 Å². The van der Waals surface area contributed by atoms with Crippen molar-refractivity contribution in [3.05, 3.63) is 16.6 Å². The van der Waals surface area contributed by atoms with Gasteiger partial charge < -0.3 is 5.32 Å². The molecule has 0 fully saturated rings. The first kappa shape index (κ1) is 12.0. The molecular formula is C10H18N2S2. The summed E-state index contributed by atoms with van der Waals surface area (Å²) in [4.78, 5) is 4.22. The van der Waals surface area contributed by atoms with Crippen LogP contribution in [-0.2, 0) is 6.54 Å². The maximum Gasteiger partial charge on any atom is 0.0795 e. The molecule has 0 saturated carbocycles. The highest BCUT2D eigenvalue weighted by atomic mass is 32.2. The van der Waals surface area contributed by atoms with Gasteiger partial charge in [-0.2, -0.15) is 11.8 Å². The van der Waals surface area contributed by atoms with Crippen LogP contribution in [0.2, 0.25) is 0 Å². The van der Waals surface area contributed by atoms with Crippen LogP contribution in [0, 0.1) is 0 Å². The molecule has 0 spiro atoms. The molecule has 0 amide bonds. The number of rotatable bonds is 8. The van der Waals surface area contributed by atoms with Gasteiger partial charge in [-0.15, -0.1) is 11.3 Å². The van der Waals surface area contributed by atoms with Crippen molar-refractivity contribution in [3.8, 4) is 0 Å². The number of thioether (sulfide) groups is 1. The molecule has 0 aliphatic carbocycles. The average Bonchev–Trinajstić information content (AvgIpc) is 2.69. The zero-order valence-corrected chi connectivity index (χ0v) is 10.3. The van der Waals surface area contributed by atoms with Crippen LogP contribution in [-0.4, -0.2) is 23.5 Å². The minimum Gasteiger partial charge on any atom is -0.311 e. The summed E-state index contributed by atoms with van der Waals surface area (Å²) in [5.41, 5.74) is 3.05. The first-order valence-electron chi connectivity index (χ1n) is 5.00. The predicted molar refractivity (Wildman–Crippen MR) is 66.1 cm³/mol. The second-order valence-corrected chi connectivity index (χ2v) is 4.91. The fourth-order valence-electron chi connectivity index (χ4n) is 1.21. The third kappa shape index (κ3) is 5.62. The van der Waals surface area contributed by atoms with Crippen molar-refractivity contribution in [3.63, 3.8) is 0 Å². The lowest BCUT2D eigenvalue weighted by molar-refractivity contribution is 0.614. The largest absolute Gasteiger partial charge is 0.311 e. The number of thiazole rings is 1. The van der Waals surface area contributed by atoms with Gasteiger partial charge in [-0.3, -0.25) is 0 Å². The van der Waals surface area contributed by atoms with Crippen molar-refractivity contribution in [2.24, 2.45) is 0 Å². The van der Waals surface area contributed by atoms with Crippen LogP contribution in [0.3, 0.4) is 0 Å². The van der Waals surface area contributed by atoms with E-state index in [4.69, 9.17) is 0 Å². The highest BCUT2D eigenvalue weighted by molar-refractivity contribution is 7.98. The van der Waals surface area contributed by atoms with Gasteiger partial charge in [0.15, 0.2) is 0 Å². The van der Waals surface area contributed by atoms with Crippen molar-refractivity contribution >= 4 is 23.1 Å². The van der Waals surface area contributed by atoms with Crippen molar-refractivity contribution in [2.75, 3.05) is 18.6 Å². The normalized spacial score (nSPS) is 10.6. The highest BCUT2D eigenvalue weighted by Crippen LogP contribution is 2.02. The van der Waals surface area contributed by atoms with E-state index in [1.807, 2.05) is 17.3 Å². The van der Waals surface area contributed by atoms with Crippen molar-refractivity contribution < 1.29 is 0 Å². The maximum absolute atomic E-state index is 4.22. The quantitative estimate of drug-likeness (QED) is 0.695. The van der Waals surface area contributed by atoms with E-state index in [1.165, 1.54) is 30.7 Å². The summed E-state index contributed by atoms with van der Waals surface area (Å²) in [6.07, 6.45) is 6.13. The molecule has 1 rings (SSSR count). The standard InChI is InChI=1S/C10H18N2S2/c1-13-6-4-2-3-5-11-7-10-8-14-9-12-10/h8-9,11H,2-7H2,1H3. The number of unbranched alkanes of at least 4 members (excludes halogenated alkanes) is 2. The Hall–Kier alpha value is -0.0600. The fourth-order valence-corrected chi connectivity index (χ4v) is 2.27. The second-order valence-electron chi connectivity index (χ2n) is 3.21. The Labute approximate surface area is 94.5 Å². The lowest BCUT2D eigenvalue weighted by atomic mass is 10.2. The van der Waals surface area contributed by atoms with E-state index in [1.54, 1.807) is 11.3 Å². The summed E-state index contributed by atoms with van der Waals surface area (Å²) in [7, 11) is 0. The van der Waals surface area contributed by atoms with E-state index in [0.29, 0.717) is 0 Å². The molecule has 4 heteroatoms. The number of aromatic nitrogens is 1. The lowest BCUT2D eigenvalue weighted by Crippen LogP contribution is -2.14. The number of hydrogen-bond donors (Lipinski definition) is 1. The van der Waals surface area contributed by atoms with Gasteiger partial charge >= 0.3 is 0 Å². The molecule has 1 heterocycles. The number of nitrogens with zero attached hydrogens (tertiary/aromatic N) is 1. The molecule has 0 saturated heterocycles. The molecule has 0 aliphatic heterocycles. The summed E-state index contributed by atoms with van der Waals surface area (Å²) in [6.45, 7) is 2.04. The molecule has 0 unspecified atom stereocenters.